The van der Waals surface area contributed by atoms with Gasteiger partial charge in [0.1, 0.15) is 11.9 Å². The Kier molecular flexibility index (Phi) is 6.99. The van der Waals surface area contributed by atoms with E-state index < -0.39 is 23.9 Å². The fraction of sp³-hybridized carbons (Fsp3) is 0.292. The van der Waals surface area contributed by atoms with Gasteiger partial charge in [-0.15, -0.1) is 0 Å². The predicted octanol–water partition coefficient (Wildman–Crippen LogP) is 2.54. The maximum Gasteiger partial charge on any atom is 0.414 e. The molecule has 2 fully saturated rings. The van der Waals surface area contributed by atoms with Gasteiger partial charge in [-0.2, -0.15) is 0 Å². The summed E-state index contributed by atoms with van der Waals surface area (Å²) in [7, 11) is 0. The highest BCUT2D eigenvalue weighted by atomic mass is 19.1. The van der Waals surface area contributed by atoms with Crippen molar-refractivity contribution < 1.29 is 28.2 Å². The number of morpholine rings is 1. The Balaban J connectivity index is 1.30. The number of nitrogens with zero attached hydrogens (tertiary/aromatic N) is 2. The van der Waals surface area contributed by atoms with E-state index >= 15 is 0 Å². The van der Waals surface area contributed by atoms with Gasteiger partial charge in [0.25, 0.3) is 0 Å². The van der Waals surface area contributed by atoms with Crippen LogP contribution in [0.1, 0.15) is 10.4 Å². The van der Waals surface area contributed by atoms with Crippen LogP contribution in [0, 0.1) is 5.82 Å². The fourth-order valence-electron chi connectivity index (χ4n) is 3.69. The first-order valence-corrected chi connectivity index (χ1v) is 10.7. The number of benzene rings is 2. The number of ketones is 1. The monoisotopic (exact) mass is 453 g/mol. The lowest BCUT2D eigenvalue weighted by Crippen LogP contribution is -2.36. The van der Waals surface area contributed by atoms with E-state index in [0.717, 1.165) is 6.08 Å². The van der Waals surface area contributed by atoms with E-state index in [-0.39, 0.29) is 18.9 Å². The summed E-state index contributed by atoms with van der Waals surface area (Å²) in [5.41, 5.74) is 1.33. The van der Waals surface area contributed by atoms with Crippen LogP contribution in [0.4, 0.5) is 20.6 Å². The van der Waals surface area contributed by atoms with Crippen LogP contribution < -0.4 is 15.1 Å². The first kappa shape index (κ1) is 22.5. The van der Waals surface area contributed by atoms with Crippen LogP contribution in [0.15, 0.2) is 60.7 Å². The van der Waals surface area contributed by atoms with Gasteiger partial charge in [0.2, 0.25) is 5.91 Å². The Morgan fingerprint density at radius 2 is 1.85 bits per heavy atom. The number of allylic oxidation sites excluding steroid dienone is 1. The molecule has 0 radical (unpaired) electrons. The zero-order chi connectivity index (χ0) is 23.2. The van der Waals surface area contributed by atoms with E-state index in [1.54, 1.807) is 42.5 Å². The van der Waals surface area contributed by atoms with Crippen molar-refractivity contribution in [3.8, 4) is 0 Å². The van der Waals surface area contributed by atoms with Crippen LogP contribution in [0.25, 0.3) is 0 Å². The number of anilines is 2. The Labute approximate surface area is 190 Å². The minimum Gasteiger partial charge on any atom is -0.442 e. The second-order valence-corrected chi connectivity index (χ2v) is 7.66. The van der Waals surface area contributed by atoms with Gasteiger partial charge < -0.3 is 19.7 Å². The van der Waals surface area contributed by atoms with Crippen LogP contribution in [-0.4, -0.2) is 63.3 Å². The van der Waals surface area contributed by atoms with Crippen molar-refractivity contribution in [3.05, 3.63) is 72.1 Å². The number of carbonyl (C=O) groups is 3. The van der Waals surface area contributed by atoms with E-state index in [1.165, 1.54) is 17.0 Å². The van der Waals surface area contributed by atoms with E-state index in [4.69, 9.17) is 9.47 Å². The van der Waals surface area contributed by atoms with Crippen molar-refractivity contribution in [2.24, 2.45) is 0 Å². The smallest absolute Gasteiger partial charge is 0.414 e. The van der Waals surface area contributed by atoms with Gasteiger partial charge in [-0.3, -0.25) is 14.5 Å². The average Bonchev–Trinajstić information content (AvgIpc) is 3.22. The third-order valence-corrected chi connectivity index (χ3v) is 5.42. The van der Waals surface area contributed by atoms with Gasteiger partial charge in [0.15, 0.2) is 5.78 Å². The van der Waals surface area contributed by atoms with Gasteiger partial charge in [0, 0.05) is 24.7 Å². The van der Waals surface area contributed by atoms with Crippen molar-refractivity contribution in [1.29, 1.82) is 0 Å². The zero-order valence-corrected chi connectivity index (χ0v) is 17.9. The predicted molar refractivity (Wildman–Crippen MR) is 120 cm³/mol. The molecule has 2 heterocycles. The standard InChI is InChI=1S/C24H24FN3O5/c25-20-14-18(6-7-21(20)27-10-12-32-13-11-27)28-16-19(33-24(28)31)15-26-23(30)9-8-22(29)17-4-2-1-3-5-17/h1-9,14,19H,10-13,15-16H2,(H,26,30)/t19-/m0/s1. The average molecular weight is 453 g/mol. The number of cyclic esters (lactones) is 1. The number of halogens is 1. The van der Waals surface area contributed by atoms with E-state index in [2.05, 4.69) is 5.32 Å². The molecule has 0 unspecified atom stereocenters. The quantitative estimate of drug-likeness (QED) is 0.512. The summed E-state index contributed by atoms with van der Waals surface area (Å²) in [6, 6.07) is 13.2. The summed E-state index contributed by atoms with van der Waals surface area (Å²) in [6.07, 6.45) is 1.13. The first-order valence-electron chi connectivity index (χ1n) is 10.7. The minimum absolute atomic E-state index is 0.0687. The van der Waals surface area contributed by atoms with Crippen LogP contribution in [-0.2, 0) is 14.3 Å². The van der Waals surface area contributed by atoms with E-state index in [1.807, 2.05) is 4.90 Å². The second-order valence-electron chi connectivity index (χ2n) is 7.66. The second kappa shape index (κ2) is 10.3. The Hall–Kier alpha value is -3.72. The molecule has 1 N–H and O–H groups in total. The van der Waals surface area contributed by atoms with Crippen LogP contribution >= 0.6 is 0 Å². The number of rotatable bonds is 7. The zero-order valence-electron chi connectivity index (χ0n) is 17.9. The summed E-state index contributed by atoms with van der Waals surface area (Å²) in [5.74, 6) is -1.19. The number of ether oxygens (including phenoxy) is 2. The van der Waals surface area contributed by atoms with Crippen molar-refractivity contribution in [2.45, 2.75) is 6.10 Å². The summed E-state index contributed by atoms with van der Waals surface area (Å²) in [5, 5.41) is 2.61. The molecule has 8 nitrogen and oxygen atoms in total. The number of amides is 2. The van der Waals surface area contributed by atoms with Crippen molar-refractivity contribution in [3.63, 3.8) is 0 Å². The van der Waals surface area contributed by atoms with Gasteiger partial charge in [0.05, 0.1) is 37.7 Å². The highest BCUT2D eigenvalue weighted by molar-refractivity contribution is 6.07. The summed E-state index contributed by atoms with van der Waals surface area (Å²) in [6.45, 7) is 2.54. The lowest BCUT2D eigenvalue weighted by Gasteiger charge is -2.29. The molecule has 0 spiro atoms. The lowest BCUT2D eigenvalue weighted by molar-refractivity contribution is -0.116. The highest BCUT2D eigenvalue weighted by Gasteiger charge is 2.33. The largest absolute Gasteiger partial charge is 0.442 e. The molecule has 0 aliphatic carbocycles. The Morgan fingerprint density at radius 3 is 2.58 bits per heavy atom. The lowest BCUT2D eigenvalue weighted by atomic mass is 10.1. The van der Waals surface area contributed by atoms with Crippen LogP contribution in [0.2, 0.25) is 0 Å². The van der Waals surface area contributed by atoms with E-state index in [9.17, 15) is 18.8 Å². The molecule has 2 aliphatic heterocycles. The summed E-state index contributed by atoms with van der Waals surface area (Å²) < 4.78 is 25.3. The molecule has 9 heteroatoms. The van der Waals surface area contributed by atoms with Crippen LogP contribution in [0.5, 0.6) is 0 Å². The molecule has 4 rings (SSSR count). The Bertz CT molecular complexity index is 1050. The molecule has 172 valence electrons. The maximum atomic E-state index is 14.7. The summed E-state index contributed by atoms with van der Waals surface area (Å²) >= 11 is 0. The third-order valence-electron chi connectivity index (χ3n) is 5.42. The van der Waals surface area contributed by atoms with Crippen molar-refractivity contribution >= 4 is 29.2 Å². The molecular formula is C24H24FN3O5. The Morgan fingerprint density at radius 1 is 1.09 bits per heavy atom. The molecule has 0 saturated carbocycles. The number of hydrogen-bond donors (Lipinski definition) is 1. The van der Waals surface area contributed by atoms with Crippen molar-refractivity contribution in [2.75, 3.05) is 49.2 Å². The van der Waals surface area contributed by atoms with Gasteiger partial charge >= 0.3 is 6.09 Å². The molecule has 2 amide bonds. The van der Waals surface area contributed by atoms with E-state index in [0.29, 0.717) is 43.2 Å². The number of hydrogen-bond acceptors (Lipinski definition) is 6. The van der Waals surface area contributed by atoms with Crippen LogP contribution in [0.3, 0.4) is 0 Å². The van der Waals surface area contributed by atoms with Gasteiger partial charge in [-0.05, 0) is 24.3 Å². The third kappa shape index (κ3) is 5.56. The van der Waals surface area contributed by atoms with Gasteiger partial charge in [-0.25, -0.2) is 9.18 Å². The SMILES string of the molecule is O=C(C=CC(=O)c1ccccc1)NC[C@H]1CN(c2ccc(N3CCOCC3)c(F)c2)C(=O)O1. The topological polar surface area (TPSA) is 88.2 Å². The normalized spacial score (nSPS) is 18.5. The first-order chi connectivity index (χ1) is 16.0. The molecule has 33 heavy (non-hydrogen) atoms. The number of nitrogens with one attached hydrogen (secondary N) is 1. The molecule has 2 aromatic carbocycles. The molecular weight excluding hydrogens is 429 g/mol. The maximum absolute atomic E-state index is 14.7. The van der Waals surface area contributed by atoms with Gasteiger partial charge in [-0.1, -0.05) is 30.3 Å². The summed E-state index contributed by atoms with van der Waals surface area (Å²) in [4.78, 5) is 39.6. The minimum atomic E-state index is -0.609. The molecule has 0 aromatic heterocycles. The molecule has 0 bridgehead atoms. The molecule has 2 aromatic rings. The fourth-order valence-corrected chi connectivity index (χ4v) is 3.69. The van der Waals surface area contributed by atoms with Crippen molar-refractivity contribution in [1.82, 2.24) is 5.32 Å². The highest BCUT2D eigenvalue weighted by Crippen LogP contribution is 2.28. The molecule has 1 atom stereocenters. The molecule has 2 saturated heterocycles. The molecule has 2 aliphatic rings. The number of carbonyl (C=O) groups excluding carboxylic acids is 3.